The Labute approximate surface area is 142 Å². The molecule has 1 heterocycles. The monoisotopic (exact) mass is 322 g/mol. The maximum atomic E-state index is 10.6. The molecule has 0 spiro atoms. The lowest BCUT2D eigenvalue weighted by atomic mass is 9.95. The number of aryl methyl sites for hydroxylation is 2. The molecule has 0 saturated carbocycles. The number of aromatic nitrogens is 1. The zero-order valence-electron chi connectivity index (χ0n) is 14.5. The largest absolute Gasteiger partial charge is 0.378 e. The molecule has 0 aliphatic heterocycles. The molecule has 1 aromatic heterocycles. The Hall–Kier alpha value is -2.64. The summed E-state index contributed by atoms with van der Waals surface area (Å²) < 4.78 is 0. The summed E-state index contributed by atoms with van der Waals surface area (Å²) in [5.41, 5.74) is 4.69. The number of aliphatic hydroxyl groups is 1. The SMILES string of the molecule is Cc1cccc(-c2ccc(C#CC(C)(C)O)nc2C)c1CNC=O. The molecule has 0 aliphatic carbocycles. The van der Waals surface area contributed by atoms with Gasteiger partial charge >= 0.3 is 0 Å². The minimum atomic E-state index is -1.04. The summed E-state index contributed by atoms with van der Waals surface area (Å²) in [5.74, 6) is 5.66. The number of benzene rings is 1. The fourth-order valence-electron chi connectivity index (χ4n) is 2.47. The molecular weight excluding hydrogens is 300 g/mol. The summed E-state index contributed by atoms with van der Waals surface area (Å²) in [6.07, 6.45) is 0.705. The van der Waals surface area contributed by atoms with Crippen molar-refractivity contribution in [3.8, 4) is 23.0 Å². The van der Waals surface area contributed by atoms with E-state index in [0.29, 0.717) is 18.6 Å². The van der Waals surface area contributed by atoms with Crippen LogP contribution in [0.1, 0.15) is 36.4 Å². The number of pyridine rings is 1. The van der Waals surface area contributed by atoms with Crippen molar-refractivity contribution in [2.24, 2.45) is 0 Å². The molecule has 0 aliphatic rings. The third-order valence-corrected chi connectivity index (χ3v) is 3.64. The maximum absolute atomic E-state index is 10.6. The Kier molecular flexibility index (Phi) is 5.38. The van der Waals surface area contributed by atoms with Crippen LogP contribution in [0.4, 0.5) is 0 Å². The third kappa shape index (κ3) is 4.43. The first-order valence-electron chi connectivity index (χ1n) is 7.81. The van der Waals surface area contributed by atoms with Gasteiger partial charge in [-0.15, -0.1) is 0 Å². The number of hydrogen-bond donors (Lipinski definition) is 2. The highest BCUT2D eigenvalue weighted by molar-refractivity contribution is 5.71. The minimum absolute atomic E-state index is 0.477. The van der Waals surface area contributed by atoms with Crippen LogP contribution < -0.4 is 5.32 Å². The lowest BCUT2D eigenvalue weighted by molar-refractivity contribution is -0.109. The van der Waals surface area contributed by atoms with Crippen molar-refractivity contribution >= 4 is 6.41 Å². The standard InChI is InChI=1S/C20H22N2O2/c1-14-6-5-7-18(19(14)12-21-13-23)17-9-8-16(22-15(17)2)10-11-20(3,4)24/h5-9,13,24H,12H2,1-4H3,(H,21,23). The van der Waals surface area contributed by atoms with E-state index >= 15 is 0 Å². The van der Waals surface area contributed by atoms with E-state index in [1.807, 2.05) is 44.2 Å². The summed E-state index contributed by atoms with van der Waals surface area (Å²) in [6, 6.07) is 9.88. The Morgan fingerprint density at radius 2 is 1.96 bits per heavy atom. The number of nitrogens with zero attached hydrogens (tertiary/aromatic N) is 1. The lowest BCUT2D eigenvalue weighted by Crippen LogP contribution is -2.14. The molecule has 0 atom stereocenters. The van der Waals surface area contributed by atoms with E-state index in [2.05, 4.69) is 22.1 Å². The van der Waals surface area contributed by atoms with Crippen LogP contribution in [-0.4, -0.2) is 22.1 Å². The molecule has 4 heteroatoms. The van der Waals surface area contributed by atoms with Gasteiger partial charge in [-0.2, -0.15) is 0 Å². The third-order valence-electron chi connectivity index (χ3n) is 3.64. The van der Waals surface area contributed by atoms with Crippen LogP contribution in [0.25, 0.3) is 11.1 Å². The molecule has 0 unspecified atom stereocenters. The summed E-state index contributed by atoms with van der Waals surface area (Å²) >= 11 is 0. The topological polar surface area (TPSA) is 62.2 Å². The second kappa shape index (κ2) is 7.29. The van der Waals surface area contributed by atoms with Crippen molar-refractivity contribution in [1.82, 2.24) is 10.3 Å². The van der Waals surface area contributed by atoms with Crippen molar-refractivity contribution in [3.05, 3.63) is 52.8 Å². The molecule has 1 aromatic carbocycles. The normalized spacial score (nSPS) is 10.7. The molecule has 0 fully saturated rings. The van der Waals surface area contributed by atoms with Gasteiger partial charge in [-0.3, -0.25) is 4.79 Å². The van der Waals surface area contributed by atoms with E-state index in [1.165, 1.54) is 0 Å². The van der Waals surface area contributed by atoms with Gasteiger partial charge in [0.15, 0.2) is 0 Å². The number of rotatable bonds is 4. The second-order valence-corrected chi connectivity index (χ2v) is 6.24. The first-order chi connectivity index (χ1) is 11.3. The van der Waals surface area contributed by atoms with Gasteiger partial charge in [0, 0.05) is 17.8 Å². The molecule has 124 valence electrons. The summed E-state index contributed by atoms with van der Waals surface area (Å²) in [4.78, 5) is 15.2. The number of carbonyl (C=O) groups excluding carboxylic acids is 1. The van der Waals surface area contributed by atoms with Gasteiger partial charge in [0.1, 0.15) is 11.3 Å². The van der Waals surface area contributed by atoms with Gasteiger partial charge in [0.25, 0.3) is 0 Å². The number of amides is 1. The Morgan fingerprint density at radius 3 is 2.58 bits per heavy atom. The summed E-state index contributed by atoms with van der Waals surface area (Å²) in [7, 11) is 0. The number of hydrogen-bond acceptors (Lipinski definition) is 3. The van der Waals surface area contributed by atoms with Gasteiger partial charge in [0.05, 0.1) is 0 Å². The maximum Gasteiger partial charge on any atom is 0.207 e. The first kappa shape index (κ1) is 17.7. The van der Waals surface area contributed by atoms with E-state index < -0.39 is 5.60 Å². The minimum Gasteiger partial charge on any atom is -0.378 e. The zero-order valence-corrected chi connectivity index (χ0v) is 14.5. The molecule has 0 saturated heterocycles. The number of carbonyl (C=O) groups is 1. The average Bonchev–Trinajstić information content (AvgIpc) is 2.51. The highest BCUT2D eigenvalue weighted by Gasteiger charge is 2.11. The lowest BCUT2D eigenvalue weighted by Gasteiger charge is -2.14. The number of nitrogens with one attached hydrogen (secondary N) is 1. The zero-order chi connectivity index (χ0) is 17.7. The van der Waals surface area contributed by atoms with Crippen LogP contribution in [0.15, 0.2) is 30.3 Å². The predicted molar refractivity (Wildman–Crippen MR) is 95.2 cm³/mol. The van der Waals surface area contributed by atoms with Gasteiger partial charge in [-0.25, -0.2) is 4.98 Å². The van der Waals surface area contributed by atoms with Crippen molar-refractivity contribution in [2.45, 2.75) is 39.8 Å². The quantitative estimate of drug-likeness (QED) is 0.672. The van der Waals surface area contributed by atoms with Gasteiger partial charge < -0.3 is 10.4 Å². The molecule has 0 radical (unpaired) electrons. The van der Waals surface area contributed by atoms with Crippen LogP contribution in [-0.2, 0) is 11.3 Å². The van der Waals surface area contributed by atoms with E-state index in [4.69, 9.17) is 0 Å². The van der Waals surface area contributed by atoms with Crippen LogP contribution in [0.5, 0.6) is 0 Å². The summed E-state index contributed by atoms with van der Waals surface area (Å²) in [5, 5.41) is 12.4. The van der Waals surface area contributed by atoms with Gasteiger partial charge in [-0.05, 0) is 62.4 Å². The van der Waals surface area contributed by atoms with Crippen LogP contribution in [0.3, 0.4) is 0 Å². The van der Waals surface area contributed by atoms with Gasteiger partial charge in [0.2, 0.25) is 6.41 Å². The fourth-order valence-corrected chi connectivity index (χ4v) is 2.47. The van der Waals surface area contributed by atoms with Crippen molar-refractivity contribution in [2.75, 3.05) is 0 Å². The Balaban J connectivity index is 2.45. The van der Waals surface area contributed by atoms with E-state index in [-0.39, 0.29) is 0 Å². The van der Waals surface area contributed by atoms with Crippen molar-refractivity contribution in [3.63, 3.8) is 0 Å². The highest BCUT2D eigenvalue weighted by Crippen LogP contribution is 2.28. The predicted octanol–water partition coefficient (Wildman–Crippen LogP) is 2.73. The highest BCUT2D eigenvalue weighted by atomic mass is 16.3. The molecular formula is C20H22N2O2. The average molecular weight is 322 g/mol. The van der Waals surface area contributed by atoms with Crippen LogP contribution >= 0.6 is 0 Å². The molecule has 0 bridgehead atoms. The molecule has 1 amide bonds. The molecule has 2 N–H and O–H groups in total. The van der Waals surface area contributed by atoms with Crippen molar-refractivity contribution in [1.29, 1.82) is 0 Å². The Bertz CT molecular complexity index is 809. The van der Waals surface area contributed by atoms with E-state index in [0.717, 1.165) is 27.9 Å². The van der Waals surface area contributed by atoms with Crippen LogP contribution in [0.2, 0.25) is 0 Å². The molecule has 24 heavy (non-hydrogen) atoms. The molecule has 2 rings (SSSR count). The smallest absolute Gasteiger partial charge is 0.207 e. The van der Waals surface area contributed by atoms with Crippen molar-refractivity contribution < 1.29 is 9.90 Å². The van der Waals surface area contributed by atoms with Gasteiger partial charge in [-0.1, -0.05) is 24.1 Å². The summed E-state index contributed by atoms with van der Waals surface area (Å²) in [6.45, 7) is 7.72. The van der Waals surface area contributed by atoms with Crippen LogP contribution in [0, 0.1) is 25.7 Å². The van der Waals surface area contributed by atoms with E-state index in [9.17, 15) is 9.90 Å². The molecule has 4 nitrogen and oxygen atoms in total. The first-order valence-corrected chi connectivity index (χ1v) is 7.81. The fraction of sp³-hybridized carbons (Fsp3) is 0.300. The second-order valence-electron chi connectivity index (χ2n) is 6.24. The molecule has 2 aromatic rings. The van der Waals surface area contributed by atoms with E-state index in [1.54, 1.807) is 13.8 Å². The Morgan fingerprint density at radius 1 is 1.21 bits per heavy atom.